The maximum Gasteiger partial charge on any atom is 0.270 e. The minimum absolute atomic E-state index is 0.0223. The molecule has 0 bridgehead atoms. The highest BCUT2D eigenvalue weighted by atomic mass is 32.2. The summed E-state index contributed by atoms with van der Waals surface area (Å²) >= 11 is 0. The van der Waals surface area contributed by atoms with Crippen LogP contribution in [-0.4, -0.2) is 44.7 Å². The summed E-state index contributed by atoms with van der Waals surface area (Å²) in [7, 11) is 0.0815. The molecule has 0 aliphatic carbocycles. The minimum atomic E-state index is -4.15. The van der Waals surface area contributed by atoms with Gasteiger partial charge in [0, 0.05) is 18.3 Å². The number of nitrogens with two attached hydrogens (primary N) is 1. The Morgan fingerprint density at radius 1 is 1.06 bits per heavy atom. The summed E-state index contributed by atoms with van der Waals surface area (Å²) in [6.07, 6.45) is 3.54. The number of rotatable bonds is 9. The Balaban J connectivity index is 1.72. The highest BCUT2D eigenvalue weighted by Gasteiger charge is 2.28. The maximum absolute atomic E-state index is 13.2. The van der Waals surface area contributed by atoms with Crippen molar-refractivity contribution in [3.63, 3.8) is 0 Å². The first kappa shape index (κ1) is 22.4. The van der Waals surface area contributed by atoms with Crippen molar-refractivity contribution in [2.75, 3.05) is 26.1 Å². The largest absolute Gasteiger partial charge is 0.496 e. The number of aromatic nitrogens is 3. The lowest BCUT2D eigenvalue weighted by atomic mass is 10.1. The molecule has 0 atom stereocenters. The van der Waals surface area contributed by atoms with Crippen LogP contribution in [0.25, 0.3) is 11.0 Å². The standard InChI is InChI=1S/C21H23N5O6S/c1-29-15-5-4-6-16(30-2)20(15)33(27,28)25-21-19-17(31-3)7-13(8-18(19)32-24-21)11-26-12-14(9-22)10-23-26/h4-8,10,12H,9,11,22H2,1-3H3,(H,24,25). The molecule has 0 radical (unpaired) electrons. The Morgan fingerprint density at radius 3 is 2.36 bits per heavy atom. The predicted octanol–water partition coefficient (Wildman–Crippen LogP) is 2.36. The number of methoxy groups -OCH3 is 3. The maximum atomic E-state index is 13.2. The van der Waals surface area contributed by atoms with Gasteiger partial charge < -0.3 is 24.5 Å². The van der Waals surface area contributed by atoms with Gasteiger partial charge in [0.2, 0.25) is 0 Å². The van der Waals surface area contributed by atoms with Crippen molar-refractivity contribution >= 4 is 26.8 Å². The summed E-state index contributed by atoms with van der Waals surface area (Å²) in [5.41, 5.74) is 7.72. The average Bonchev–Trinajstić information content (AvgIpc) is 3.44. The lowest BCUT2D eigenvalue weighted by Gasteiger charge is -2.14. The van der Waals surface area contributed by atoms with Gasteiger partial charge >= 0.3 is 0 Å². The molecule has 4 aromatic rings. The van der Waals surface area contributed by atoms with E-state index >= 15 is 0 Å². The summed E-state index contributed by atoms with van der Waals surface area (Å²) in [4.78, 5) is -0.156. The second kappa shape index (κ2) is 9.00. The smallest absolute Gasteiger partial charge is 0.270 e. The highest BCUT2D eigenvalue weighted by Crippen LogP contribution is 2.38. The fourth-order valence-electron chi connectivity index (χ4n) is 3.46. The number of nitrogens with one attached hydrogen (secondary N) is 1. The topological polar surface area (TPSA) is 144 Å². The Labute approximate surface area is 190 Å². The van der Waals surface area contributed by atoms with Crippen LogP contribution in [0.5, 0.6) is 17.2 Å². The van der Waals surface area contributed by atoms with E-state index in [-0.39, 0.29) is 22.2 Å². The van der Waals surface area contributed by atoms with E-state index in [2.05, 4.69) is 15.0 Å². The molecule has 0 spiro atoms. The quantitative estimate of drug-likeness (QED) is 0.374. The zero-order chi connectivity index (χ0) is 23.6. The lowest BCUT2D eigenvalue weighted by Crippen LogP contribution is -2.15. The number of anilines is 1. The molecule has 3 N–H and O–H groups in total. The van der Waals surface area contributed by atoms with Gasteiger partial charge in [0.1, 0.15) is 22.6 Å². The van der Waals surface area contributed by atoms with Crippen LogP contribution >= 0.6 is 0 Å². The zero-order valence-electron chi connectivity index (χ0n) is 18.2. The second-order valence-corrected chi connectivity index (χ2v) is 8.67. The van der Waals surface area contributed by atoms with Crippen molar-refractivity contribution < 1.29 is 27.2 Å². The number of ether oxygens (including phenoxy) is 3. The van der Waals surface area contributed by atoms with E-state index in [1.54, 1.807) is 29.1 Å². The van der Waals surface area contributed by atoms with Crippen molar-refractivity contribution in [3.05, 3.63) is 53.9 Å². The van der Waals surface area contributed by atoms with Gasteiger partial charge in [0.25, 0.3) is 10.0 Å². The van der Waals surface area contributed by atoms with Crippen LogP contribution in [0.1, 0.15) is 11.1 Å². The van der Waals surface area contributed by atoms with Gasteiger partial charge in [-0.15, -0.1) is 0 Å². The summed E-state index contributed by atoms with van der Waals surface area (Å²) in [6.45, 7) is 0.831. The SMILES string of the molecule is COc1cccc(OC)c1S(=O)(=O)Nc1noc2cc(Cn3cc(CN)cn3)cc(OC)c12. The van der Waals surface area contributed by atoms with E-state index in [0.717, 1.165) is 11.1 Å². The van der Waals surface area contributed by atoms with Gasteiger partial charge in [-0.3, -0.25) is 9.40 Å². The van der Waals surface area contributed by atoms with Crippen LogP contribution in [0.2, 0.25) is 0 Å². The first-order valence-corrected chi connectivity index (χ1v) is 11.3. The van der Waals surface area contributed by atoms with Gasteiger partial charge in [-0.1, -0.05) is 11.2 Å². The van der Waals surface area contributed by atoms with Gasteiger partial charge in [-0.25, -0.2) is 8.42 Å². The van der Waals surface area contributed by atoms with Crippen molar-refractivity contribution in [1.82, 2.24) is 14.9 Å². The van der Waals surface area contributed by atoms with Gasteiger partial charge in [0.05, 0.1) is 34.1 Å². The van der Waals surface area contributed by atoms with E-state index in [4.69, 9.17) is 24.5 Å². The number of hydrogen-bond donors (Lipinski definition) is 2. The van der Waals surface area contributed by atoms with Gasteiger partial charge in [0.15, 0.2) is 16.3 Å². The van der Waals surface area contributed by atoms with Crippen LogP contribution in [0, 0.1) is 0 Å². The number of benzene rings is 2. The van der Waals surface area contributed by atoms with Gasteiger partial charge in [-0.2, -0.15) is 5.10 Å². The average molecular weight is 474 g/mol. The molecule has 11 nitrogen and oxygen atoms in total. The van der Waals surface area contributed by atoms with E-state index in [9.17, 15) is 8.42 Å². The van der Waals surface area contributed by atoms with E-state index in [1.165, 1.54) is 33.5 Å². The van der Waals surface area contributed by atoms with Crippen molar-refractivity contribution in [2.45, 2.75) is 18.0 Å². The molecule has 33 heavy (non-hydrogen) atoms. The summed E-state index contributed by atoms with van der Waals surface area (Å²) in [5, 5.41) is 8.57. The summed E-state index contributed by atoms with van der Waals surface area (Å²) in [5.74, 6) is 0.616. The number of fused-ring (bicyclic) bond motifs is 1. The number of hydrogen-bond acceptors (Lipinski definition) is 9. The summed E-state index contributed by atoms with van der Waals surface area (Å²) < 4.78 is 52.0. The molecule has 2 aromatic carbocycles. The van der Waals surface area contributed by atoms with Crippen LogP contribution in [-0.2, 0) is 23.1 Å². The zero-order valence-corrected chi connectivity index (χ0v) is 19.0. The Kier molecular flexibility index (Phi) is 6.11. The molecule has 4 rings (SSSR count). The molecule has 0 amide bonds. The predicted molar refractivity (Wildman–Crippen MR) is 120 cm³/mol. The number of sulfonamides is 1. The molecule has 0 aliphatic rings. The fraction of sp³-hybridized carbons (Fsp3) is 0.238. The van der Waals surface area contributed by atoms with Crippen LogP contribution < -0.4 is 24.7 Å². The van der Waals surface area contributed by atoms with Gasteiger partial charge in [-0.05, 0) is 29.8 Å². The second-order valence-electron chi connectivity index (χ2n) is 7.05. The number of nitrogens with zero attached hydrogens (tertiary/aromatic N) is 3. The van der Waals surface area contributed by atoms with Crippen LogP contribution in [0.4, 0.5) is 5.82 Å². The molecule has 12 heteroatoms. The summed E-state index contributed by atoms with van der Waals surface area (Å²) in [6, 6.07) is 8.19. The lowest BCUT2D eigenvalue weighted by molar-refractivity contribution is 0.373. The molecule has 0 unspecified atom stereocenters. The first-order chi connectivity index (χ1) is 15.9. The Hall–Kier alpha value is -3.77. The molecule has 174 valence electrons. The molecule has 0 fully saturated rings. The Bertz CT molecular complexity index is 1370. The molecular formula is C21H23N5O6S. The highest BCUT2D eigenvalue weighted by molar-refractivity contribution is 7.93. The van der Waals surface area contributed by atoms with Crippen LogP contribution in [0.3, 0.4) is 0 Å². The monoisotopic (exact) mass is 473 g/mol. The fourth-order valence-corrected chi connectivity index (χ4v) is 4.79. The first-order valence-electron chi connectivity index (χ1n) is 9.81. The van der Waals surface area contributed by atoms with Crippen molar-refractivity contribution in [3.8, 4) is 17.2 Å². The Morgan fingerprint density at radius 2 is 1.76 bits per heavy atom. The minimum Gasteiger partial charge on any atom is -0.496 e. The molecular weight excluding hydrogens is 450 g/mol. The molecule has 0 aliphatic heterocycles. The third kappa shape index (κ3) is 4.30. The molecule has 2 heterocycles. The normalized spacial score (nSPS) is 11.5. The van der Waals surface area contributed by atoms with E-state index in [1.807, 2.05) is 6.20 Å². The molecule has 0 saturated heterocycles. The third-order valence-corrected chi connectivity index (χ3v) is 6.37. The third-order valence-electron chi connectivity index (χ3n) is 4.97. The van der Waals surface area contributed by atoms with Crippen molar-refractivity contribution in [1.29, 1.82) is 0 Å². The van der Waals surface area contributed by atoms with E-state index < -0.39 is 10.0 Å². The van der Waals surface area contributed by atoms with E-state index in [0.29, 0.717) is 29.8 Å². The van der Waals surface area contributed by atoms with Crippen molar-refractivity contribution in [2.24, 2.45) is 5.73 Å². The molecule has 0 saturated carbocycles. The molecule has 2 aromatic heterocycles. The van der Waals surface area contributed by atoms with Crippen LogP contribution in [0.15, 0.2) is 52.1 Å².